The van der Waals surface area contributed by atoms with Crippen molar-refractivity contribution in [1.82, 2.24) is 4.57 Å². The zero-order chi connectivity index (χ0) is 22.0. The van der Waals surface area contributed by atoms with Crippen molar-refractivity contribution in [3.63, 3.8) is 0 Å². The van der Waals surface area contributed by atoms with Gasteiger partial charge < -0.3 is 9.88 Å². The zero-order valence-electron chi connectivity index (χ0n) is 16.9. The van der Waals surface area contributed by atoms with Gasteiger partial charge in [0.05, 0.1) is 4.90 Å². The van der Waals surface area contributed by atoms with E-state index in [0.717, 1.165) is 16.6 Å². The molecule has 4 aromatic rings. The molecule has 0 saturated carbocycles. The number of halogens is 1. The summed E-state index contributed by atoms with van der Waals surface area (Å²) in [5, 5.41) is 3.90. The van der Waals surface area contributed by atoms with Crippen molar-refractivity contribution in [2.24, 2.45) is 0 Å². The minimum Gasteiger partial charge on any atom is -0.342 e. The third-order valence-corrected chi connectivity index (χ3v) is 6.90. The van der Waals surface area contributed by atoms with Gasteiger partial charge in [0.1, 0.15) is 5.75 Å². The predicted molar refractivity (Wildman–Crippen MR) is 124 cm³/mol. The first-order chi connectivity index (χ1) is 14.8. The highest BCUT2D eigenvalue weighted by atomic mass is 35.5. The van der Waals surface area contributed by atoms with Gasteiger partial charge >= 0.3 is 0 Å². The summed E-state index contributed by atoms with van der Waals surface area (Å²) in [4.78, 5) is 12.6. The summed E-state index contributed by atoms with van der Waals surface area (Å²) in [5.74, 6) is -1.20. The van der Waals surface area contributed by atoms with Gasteiger partial charge in [-0.2, -0.15) is 0 Å². The second-order valence-corrected chi connectivity index (χ2v) is 9.83. The molecule has 0 saturated heterocycles. The summed E-state index contributed by atoms with van der Waals surface area (Å²) < 4.78 is 28.1. The quantitative estimate of drug-likeness (QED) is 0.444. The molecular weight excluding hydrogens is 432 g/mol. The second kappa shape index (κ2) is 8.57. The molecule has 0 aliphatic carbocycles. The molecule has 158 valence electrons. The van der Waals surface area contributed by atoms with Crippen molar-refractivity contribution in [1.29, 1.82) is 0 Å². The molecule has 1 heterocycles. The smallest absolute Gasteiger partial charge is 0.239 e. The summed E-state index contributed by atoms with van der Waals surface area (Å²) in [5.41, 5.74) is 3.40. The van der Waals surface area contributed by atoms with Gasteiger partial charge in [-0.1, -0.05) is 59.6 Å². The van der Waals surface area contributed by atoms with Crippen molar-refractivity contribution >= 4 is 43.9 Å². The van der Waals surface area contributed by atoms with Crippen LogP contribution in [0.3, 0.4) is 0 Å². The Morgan fingerprint density at radius 3 is 2.35 bits per heavy atom. The number of benzene rings is 3. The van der Waals surface area contributed by atoms with Crippen LogP contribution in [0.5, 0.6) is 0 Å². The van der Waals surface area contributed by atoms with Gasteiger partial charge in [-0.05, 0) is 42.8 Å². The fourth-order valence-electron chi connectivity index (χ4n) is 3.46. The van der Waals surface area contributed by atoms with Gasteiger partial charge in [-0.3, -0.25) is 4.79 Å². The molecule has 1 amide bonds. The number of anilines is 1. The summed E-state index contributed by atoms with van der Waals surface area (Å²) in [6.45, 7) is 2.43. The van der Waals surface area contributed by atoms with E-state index in [1.54, 1.807) is 42.6 Å². The number of hydrogen-bond acceptors (Lipinski definition) is 3. The molecule has 0 fully saturated rings. The van der Waals surface area contributed by atoms with Gasteiger partial charge in [0, 0.05) is 34.4 Å². The number of para-hydroxylation sites is 1. The number of rotatable bonds is 6. The molecule has 0 radical (unpaired) electrons. The Kier molecular flexibility index (Phi) is 5.85. The highest BCUT2D eigenvalue weighted by molar-refractivity contribution is 7.92. The number of aromatic nitrogens is 1. The van der Waals surface area contributed by atoms with Crippen LogP contribution in [0.25, 0.3) is 10.9 Å². The van der Waals surface area contributed by atoms with Crippen LogP contribution < -0.4 is 5.32 Å². The molecule has 1 N–H and O–H groups in total. The van der Waals surface area contributed by atoms with Gasteiger partial charge in [0.15, 0.2) is 9.84 Å². The Labute approximate surface area is 186 Å². The fraction of sp³-hybridized carbons (Fsp3) is 0.125. The summed E-state index contributed by atoms with van der Waals surface area (Å²) in [6.07, 6.45) is 1.60. The number of fused-ring (bicyclic) bond motifs is 1. The van der Waals surface area contributed by atoms with E-state index in [1.807, 2.05) is 47.9 Å². The number of nitrogens with zero attached hydrogens (tertiary/aromatic N) is 1. The molecule has 1 aromatic heterocycles. The van der Waals surface area contributed by atoms with Crippen molar-refractivity contribution in [3.8, 4) is 0 Å². The lowest BCUT2D eigenvalue weighted by Crippen LogP contribution is -2.23. The normalized spacial score (nSPS) is 11.5. The standard InChI is InChI=1S/C24H21ClN2O3S/c1-17-6-12-20(13-7-17)26-24(28)16-31(29,30)23-15-27(22-5-3-2-4-21(22)23)14-18-8-10-19(25)11-9-18/h2-13,15H,14,16H2,1H3,(H,26,28). The van der Waals surface area contributed by atoms with Crippen molar-refractivity contribution in [3.05, 3.63) is 95.1 Å². The number of hydrogen-bond donors (Lipinski definition) is 1. The Bertz CT molecular complexity index is 1340. The van der Waals surface area contributed by atoms with Gasteiger partial charge in [0.2, 0.25) is 5.91 Å². The molecule has 0 aliphatic heterocycles. The Hall–Kier alpha value is -3.09. The molecule has 0 bridgehead atoms. The van der Waals surface area contributed by atoms with Gasteiger partial charge in [-0.25, -0.2) is 8.42 Å². The first kappa shape index (κ1) is 21.2. The van der Waals surface area contributed by atoms with Crippen molar-refractivity contribution in [2.45, 2.75) is 18.4 Å². The monoisotopic (exact) mass is 452 g/mol. The average Bonchev–Trinajstić information content (AvgIpc) is 3.11. The van der Waals surface area contributed by atoms with Crippen LogP contribution in [0.1, 0.15) is 11.1 Å². The first-order valence-electron chi connectivity index (χ1n) is 9.73. The number of aryl methyl sites for hydroxylation is 1. The SMILES string of the molecule is Cc1ccc(NC(=O)CS(=O)(=O)c2cn(Cc3ccc(Cl)cc3)c3ccccc23)cc1. The van der Waals surface area contributed by atoms with E-state index in [9.17, 15) is 13.2 Å². The molecule has 0 atom stereocenters. The summed E-state index contributed by atoms with van der Waals surface area (Å²) in [7, 11) is -3.85. The molecule has 0 aliphatic rings. The maximum atomic E-state index is 13.1. The highest BCUT2D eigenvalue weighted by Gasteiger charge is 2.24. The Morgan fingerprint density at radius 2 is 1.65 bits per heavy atom. The summed E-state index contributed by atoms with van der Waals surface area (Å²) >= 11 is 5.96. The largest absolute Gasteiger partial charge is 0.342 e. The molecule has 31 heavy (non-hydrogen) atoms. The molecule has 0 spiro atoms. The lowest BCUT2D eigenvalue weighted by atomic mass is 10.2. The Balaban J connectivity index is 1.62. The van der Waals surface area contributed by atoms with E-state index in [-0.39, 0.29) is 4.90 Å². The lowest BCUT2D eigenvalue weighted by molar-refractivity contribution is -0.113. The predicted octanol–water partition coefficient (Wildman–Crippen LogP) is 5.06. The van der Waals surface area contributed by atoms with E-state index < -0.39 is 21.5 Å². The van der Waals surface area contributed by atoms with Gasteiger partial charge in [0.25, 0.3) is 0 Å². The third kappa shape index (κ3) is 4.81. The number of sulfone groups is 1. The summed E-state index contributed by atoms with van der Waals surface area (Å²) in [6, 6.07) is 21.9. The van der Waals surface area contributed by atoms with Crippen LogP contribution in [0.4, 0.5) is 5.69 Å². The van der Waals surface area contributed by atoms with Crippen LogP contribution in [0.2, 0.25) is 5.02 Å². The van der Waals surface area contributed by atoms with Crippen LogP contribution in [0.15, 0.2) is 83.9 Å². The molecule has 7 heteroatoms. The van der Waals surface area contributed by atoms with Crippen LogP contribution in [-0.2, 0) is 21.2 Å². The molecule has 0 unspecified atom stereocenters. The third-order valence-electron chi connectivity index (χ3n) is 5.01. The first-order valence-corrected chi connectivity index (χ1v) is 11.8. The maximum absolute atomic E-state index is 13.1. The van der Waals surface area contributed by atoms with E-state index in [0.29, 0.717) is 22.6 Å². The van der Waals surface area contributed by atoms with Crippen molar-refractivity contribution < 1.29 is 13.2 Å². The second-order valence-electron chi connectivity index (χ2n) is 7.44. The number of amides is 1. The fourth-order valence-corrected chi connectivity index (χ4v) is 4.96. The topological polar surface area (TPSA) is 68.2 Å². The molecular formula is C24H21ClN2O3S. The number of carbonyl (C=O) groups is 1. The molecule has 3 aromatic carbocycles. The number of nitrogens with one attached hydrogen (secondary N) is 1. The van der Waals surface area contributed by atoms with Gasteiger partial charge in [-0.15, -0.1) is 0 Å². The zero-order valence-corrected chi connectivity index (χ0v) is 18.5. The highest BCUT2D eigenvalue weighted by Crippen LogP contribution is 2.27. The van der Waals surface area contributed by atoms with E-state index in [2.05, 4.69) is 5.32 Å². The maximum Gasteiger partial charge on any atom is 0.239 e. The number of carbonyl (C=O) groups excluding carboxylic acids is 1. The average molecular weight is 453 g/mol. The lowest BCUT2D eigenvalue weighted by Gasteiger charge is -2.06. The minimum atomic E-state index is -3.85. The van der Waals surface area contributed by atoms with Crippen LogP contribution >= 0.6 is 11.6 Å². The van der Waals surface area contributed by atoms with E-state index in [4.69, 9.17) is 11.6 Å². The minimum absolute atomic E-state index is 0.149. The molecule has 4 rings (SSSR count). The van der Waals surface area contributed by atoms with E-state index >= 15 is 0 Å². The van der Waals surface area contributed by atoms with Crippen LogP contribution in [0, 0.1) is 6.92 Å². The van der Waals surface area contributed by atoms with E-state index in [1.165, 1.54) is 0 Å². The molecule has 5 nitrogen and oxygen atoms in total. The van der Waals surface area contributed by atoms with Crippen LogP contribution in [-0.4, -0.2) is 24.6 Å². The Morgan fingerprint density at radius 1 is 0.968 bits per heavy atom. The van der Waals surface area contributed by atoms with Crippen molar-refractivity contribution in [2.75, 3.05) is 11.1 Å².